The quantitative estimate of drug-likeness (QED) is 0.0322. The standard InChI is InChI=1S/C53H80N4O10S/c1-6-10-11-12-13-14-15-16-17-20-31-54-52(61)66-42-27-30-48-46(37-42)50-44(24-19-22-34-59)40(23-18-21-33-58)36-45-47(56-65-9-4)38-49(53(67-48,51(45)50)64-35-8-3)57(32-7-2)68(62,63)43-28-25-41(26-29-43)55-39(5)60/h8,25-30,36-37,40,44,49-51,58-59H,3,6-7,9-24,31-35,38H2,1-2,4-5H3,(H,54,61)(H,55,60). The lowest BCUT2D eigenvalue weighted by Crippen LogP contribution is -2.70. The first-order valence-electron chi connectivity index (χ1n) is 25.5. The highest BCUT2D eigenvalue weighted by molar-refractivity contribution is 7.89. The van der Waals surface area contributed by atoms with Crippen molar-refractivity contribution in [2.75, 3.05) is 44.8 Å². The van der Waals surface area contributed by atoms with Crippen molar-refractivity contribution >= 4 is 33.4 Å². The molecule has 1 saturated carbocycles. The summed E-state index contributed by atoms with van der Waals surface area (Å²) in [5.41, 5.74) is 2.70. The second-order valence-corrected chi connectivity index (χ2v) is 20.4. The summed E-state index contributed by atoms with van der Waals surface area (Å²) in [5, 5.41) is 30.3. The molecule has 2 amide bonds. The number of nitrogens with one attached hydrogen (secondary N) is 2. The summed E-state index contributed by atoms with van der Waals surface area (Å²) in [5.74, 6) is -2.10. The van der Waals surface area contributed by atoms with Crippen LogP contribution >= 0.6 is 0 Å². The normalized spacial score (nSPS) is 22.4. The first-order chi connectivity index (χ1) is 33.0. The summed E-state index contributed by atoms with van der Waals surface area (Å²) in [6.45, 7) is 12.5. The summed E-state index contributed by atoms with van der Waals surface area (Å²) in [7, 11) is -4.26. The van der Waals surface area contributed by atoms with Crippen LogP contribution in [0, 0.1) is 17.8 Å². The third kappa shape index (κ3) is 14.2. The Morgan fingerprint density at radius 1 is 0.897 bits per heavy atom. The highest BCUT2D eigenvalue weighted by Crippen LogP contribution is 2.62. The number of oxime groups is 1. The number of anilines is 1. The molecule has 14 nitrogen and oxygen atoms in total. The number of amides is 2. The number of ether oxygens (including phenoxy) is 3. The molecule has 1 heterocycles. The monoisotopic (exact) mass is 965 g/mol. The van der Waals surface area contributed by atoms with E-state index in [-0.39, 0.29) is 67.9 Å². The number of benzene rings is 2. The zero-order valence-corrected chi connectivity index (χ0v) is 42.0. The predicted octanol–water partition coefficient (Wildman–Crippen LogP) is 10.4. The molecule has 0 radical (unpaired) electrons. The highest BCUT2D eigenvalue weighted by Gasteiger charge is 2.66. The lowest BCUT2D eigenvalue weighted by molar-refractivity contribution is -0.251. The smallest absolute Gasteiger partial charge is 0.412 e. The lowest BCUT2D eigenvalue weighted by Gasteiger charge is -2.59. The van der Waals surface area contributed by atoms with Gasteiger partial charge in [-0.25, -0.2) is 13.2 Å². The molecule has 378 valence electrons. The minimum Gasteiger partial charge on any atom is -0.460 e. The maximum atomic E-state index is 15.2. The molecule has 1 fully saturated rings. The molecule has 3 aliphatic rings. The number of fused-ring (bicyclic) bond motifs is 2. The molecular weight excluding hydrogens is 885 g/mol. The Bertz CT molecular complexity index is 2080. The van der Waals surface area contributed by atoms with E-state index in [0.29, 0.717) is 48.7 Å². The van der Waals surface area contributed by atoms with E-state index in [1.165, 1.54) is 68.3 Å². The number of hydrogen-bond acceptors (Lipinski definition) is 11. The topological polar surface area (TPSA) is 185 Å². The van der Waals surface area contributed by atoms with E-state index in [1.807, 2.05) is 19.9 Å². The van der Waals surface area contributed by atoms with Crippen molar-refractivity contribution in [2.45, 2.75) is 166 Å². The fraction of sp³-hybridized carbons (Fsp3) is 0.642. The summed E-state index contributed by atoms with van der Waals surface area (Å²) >= 11 is 0. The first kappa shape index (κ1) is 54.7. The van der Waals surface area contributed by atoms with Crippen molar-refractivity contribution < 1.29 is 47.3 Å². The van der Waals surface area contributed by atoms with Crippen LogP contribution < -0.4 is 20.1 Å². The minimum absolute atomic E-state index is 0.00513. The molecule has 2 aliphatic carbocycles. The van der Waals surface area contributed by atoms with E-state index in [4.69, 9.17) is 24.2 Å². The molecule has 4 N–H and O–H groups in total. The van der Waals surface area contributed by atoms with Crippen LogP contribution in [0.2, 0.25) is 0 Å². The van der Waals surface area contributed by atoms with Crippen LogP contribution in [0.5, 0.6) is 11.5 Å². The molecule has 0 spiro atoms. The van der Waals surface area contributed by atoms with Gasteiger partial charge in [-0.15, -0.1) is 6.58 Å². The van der Waals surface area contributed by atoms with E-state index in [9.17, 15) is 19.8 Å². The van der Waals surface area contributed by atoms with Crippen LogP contribution in [0.1, 0.15) is 155 Å². The van der Waals surface area contributed by atoms with E-state index < -0.39 is 33.9 Å². The Hall–Kier alpha value is -4.28. The van der Waals surface area contributed by atoms with Crippen molar-refractivity contribution in [1.82, 2.24) is 9.62 Å². The average Bonchev–Trinajstić information content (AvgIpc) is 3.32. The molecule has 0 aromatic heterocycles. The van der Waals surface area contributed by atoms with Crippen LogP contribution in [0.25, 0.3) is 0 Å². The van der Waals surface area contributed by atoms with Crippen molar-refractivity contribution in [3.05, 3.63) is 72.3 Å². The molecule has 2 aromatic rings. The van der Waals surface area contributed by atoms with Crippen LogP contribution in [-0.4, -0.2) is 92.0 Å². The molecule has 68 heavy (non-hydrogen) atoms. The van der Waals surface area contributed by atoms with Gasteiger partial charge in [-0.05, 0) is 105 Å². The van der Waals surface area contributed by atoms with Gasteiger partial charge in [0.2, 0.25) is 21.7 Å². The molecule has 6 unspecified atom stereocenters. The largest absolute Gasteiger partial charge is 0.460 e. The molecule has 5 rings (SSSR count). The molecular formula is C53H80N4O10S. The number of rotatable bonds is 31. The van der Waals surface area contributed by atoms with Gasteiger partial charge < -0.3 is 39.9 Å². The second kappa shape index (κ2) is 27.8. The van der Waals surface area contributed by atoms with E-state index in [1.54, 1.807) is 30.3 Å². The van der Waals surface area contributed by atoms with Gasteiger partial charge >= 0.3 is 6.09 Å². The molecule has 0 saturated heterocycles. The van der Waals surface area contributed by atoms with E-state index >= 15 is 8.42 Å². The fourth-order valence-corrected chi connectivity index (χ4v) is 12.2. The lowest BCUT2D eigenvalue weighted by atomic mass is 9.55. The number of carbonyl (C=O) groups excluding carboxylic acids is 2. The Balaban J connectivity index is 1.58. The van der Waals surface area contributed by atoms with Gasteiger partial charge in [0.25, 0.3) is 0 Å². The van der Waals surface area contributed by atoms with Gasteiger partial charge in [-0.3, -0.25) is 4.79 Å². The van der Waals surface area contributed by atoms with Crippen molar-refractivity contribution in [2.24, 2.45) is 22.9 Å². The van der Waals surface area contributed by atoms with Crippen LogP contribution in [0.4, 0.5) is 10.5 Å². The number of carbonyl (C=O) groups is 2. The van der Waals surface area contributed by atoms with Gasteiger partial charge in [-0.2, -0.15) is 4.31 Å². The van der Waals surface area contributed by atoms with Crippen molar-refractivity contribution in [3.63, 3.8) is 0 Å². The number of aliphatic hydroxyl groups is 2. The van der Waals surface area contributed by atoms with Crippen LogP contribution in [-0.2, 0) is 24.4 Å². The third-order valence-electron chi connectivity index (χ3n) is 13.5. The number of allylic oxidation sites excluding steroid dienone is 1. The van der Waals surface area contributed by atoms with E-state index in [2.05, 4.69) is 30.2 Å². The maximum absolute atomic E-state index is 15.2. The summed E-state index contributed by atoms with van der Waals surface area (Å²) < 4.78 is 52.1. The SMILES string of the molecule is C=CCOC12Oc3ccc(OC(=O)NCCCCCCCCCCCC)cc3C3C(CCCCO)C(CCCCO)C=C(C(=NOCC)CC1N(CCC)S(=O)(=O)c1ccc(NC(C)=O)cc1)C32. The number of aliphatic hydroxyl groups excluding tert-OH is 2. The molecule has 0 bridgehead atoms. The van der Waals surface area contributed by atoms with Gasteiger partial charge in [-0.1, -0.05) is 102 Å². The van der Waals surface area contributed by atoms with Gasteiger partial charge in [0.05, 0.1) is 29.2 Å². The van der Waals surface area contributed by atoms with Gasteiger partial charge in [0, 0.05) is 56.8 Å². The van der Waals surface area contributed by atoms with E-state index in [0.717, 1.165) is 56.1 Å². The first-order valence-corrected chi connectivity index (χ1v) is 27.0. The zero-order valence-electron chi connectivity index (χ0n) is 41.2. The average molecular weight is 965 g/mol. The maximum Gasteiger partial charge on any atom is 0.412 e. The predicted molar refractivity (Wildman–Crippen MR) is 267 cm³/mol. The molecule has 15 heteroatoms. The summed E-state index contributed by atoms with van der Waals surface area (Å²) in [4.78, 5) is 31.0. The van der Waals surface area contributed by atoms with Crippen LogP contribution in [0.3, 0.4) is 0 Å². The zero-order chi connectivity index (χ0) is 48.9. The van der Waals surface area contributed by atoms with Gasteiger partial charge in [0.15, 0.2) is 0 Å². The van der Waals surface area contributed by atoms with Crippen LogP contribution in [0.15, 0.2) is 76.8 Å². The van der Waals surface area contributed by atoms with Crippen molar-refractivity contribution in [3.8, 4) is 11.5 Å². The summed E-state index contributed by atoms with van der Waals surface area (Å²) in [6, 6.07) is 10.5. The second-order valence-electron chi connectivity index (χ2n) is 18.5. The number of nitrogens with zero attached hydrogens (tertiary/aromatic N) is 2. The Morgan fingerprint density at radius 2 is 1.57 bits per heavy atom. The molecule has 1 aliphatic heterocycles. The Morgan fingerprint density at radius 3 is 2.21 bits per heavy atom. The Kier molecular flexibility index (Phi) is 22.3. The summed E-state index contributed by atoms with van der Waals surface area (Å²) in [6.07, 6.45) is 20.1. The van der Waals surface area contributed by atoms with Crippen molar-refractivity contribution in [1.29, 1.82) is 0 Å². The molecule has 6 atom stereocenters. The minimum atomic E-state index is -4.26. The number of sulfonamides is 1. The Labute approximate surface area is 406 Å². The molecule has 2 aromatic carbocycles. The number of unbranched alkanes of at least 4 members (excludes halogenated alkanes) is 11. The fourth-order valence-electron chi connectivity index (χ4n) is 10.5. The highest BCUT2D eigenvalue weighted by atomic mass is 32.2. The number of hydrogen-bond donors (Lipinski definition) is 4. The van der Waals surface area contributed by atoms with Gasteiger partial charge in [0.1, 0.15) is 18.1 Å². The third-order valence-corrected chi connectivity index (χ3v) is 15.5.